The first kappa shape index (κ1) is 4.78. The van der Waals surface area contributed by atoms with Gasteiger partial charge < -0.3 is 0 Å². The Hall–Kier alpha value is 0.780. The molecule has 2 heteroatoms. The fourth-order valence-corrected chi connectivity index (χ4v) is 0. The fourth-order valence-electron chi connectivity index (χ4n) is 0. The van der Waals surface area contributed by atoms with E-state index >= 15 is 0 Å². The lowest BCUT2D eigenvalue weighted by Crippen LogP contribution is -1.42. The average molecular weight is 96.1 g/mol. The third kappa shape index (κ3) is 14.5. The molecule has 0 rings (SSSR count). The molecule has 0 radical (unpaired) electrons. The lowest BCUT2D eigenvalue weighted by molar-refractivity contribution is 2.36. The Morgan fingerprint density at radius 3 is 1.50 bits per heavy atom. The summed E-state index contributed by atoms with van der Waals surface area (Å²) in [7, 11) is 3.02. The highest BCUT2D eigenvalue weighted by Crippen LogP contribution is 2.22. The predicted octanol–water partition coefficient (Wildman–Crippen LogP) is 1.04. The highest BCUT2D eigenvalue weighted by Gasteiger charge is 1.59. The molecule has 1 unspecified atom stereocenters. The number of hydrogen-bond acceptors (Lipinski definition) is 0. The van der Waals surface area contributed by atoms with Crippen LogP contribution in [0.5, 0.6) is 0 Å². The monoisotopic (exact) mass is 96.0 g/mol. The Labute approximate surface area is 32.3 Å². The van der Waals surface area contributed by atoms with E-state index in [-0.39, 0.29) is 0 Å². The van der Waals surface area contributed by atoms with Gasteiger partial charge in [-0.15, -0.1) is 0 Å². The summed E-state index contributed by atoms with van der Waals surface area (Å²) in [5.41, 5.74) is 0. The van der Waals surface area contributed by atoms with E-state index in [4.69, 9.17) is 0 Å². The Kier molecular flexibility index (Phi) is 2.44. The zero-order valence-electron chi connectivity index (χ0n) is 3.02. The van der Waals surface area contributed by atoms with E-state index in [1.807, 2.05) is 0 Å². The fraction of sp³-hybridized carbons (Fsp3) is 1.00. The maximum absolute atomic E-state index is 2.72. The van der Waals surface area contributed by atoms with Crippen molar-refractivity contribution in [3.05, 3.63) is 0 Å². The van der Waals surface area contributed by atoms with Crippen LogP contribution in [0.2, 0.25) is 0 Å². The molecule has 0 fully saturated rings. The molecule has 0 aliphatic carbocycles. The van der Waals surface area contributed by atoms with Gasteiger partial charge in [-0.05, 0) is 12.5 Å². The Bertz CT molecular complexity index is 10.8. The van der Waals surface area contributed by atoms with Gasteiger partial charge in [-0.2, -0.15) is 0 Å². The van der Waals surface area contributed by atoms with Crippen molar-refractivity contribution in [2.45, 2.75) is 0 Å². The van der Waals surface area contributed by atoms with Crippen molar-refractivity contribution in [2.24, 2.45) is 0 Å². The molecule has 0 bridgehead atoms. The average Bonchev–Trinajstić information content (AvgIpc) is 0.811. The molecule has 0 N–H and O–H groups in total. The van der Waals surface area contributed by atoms with Crippen LogP contribution in [0.4, 0.5) is 0 Å². The first-order valence-electron chi connectivity index (χ1n) is 1.15. The quantitative estimate of drug-likeness (QED) is 0.338. The Balaban J connectivity index is 2.32. The summed E-state index contributed by atoms with van der Waals surface area (Å²) < 4.78 is 0. The van der Waals surface area contributed by atoms with Gasteiger partial charge in [0, 0.05) is 0 Å². The second kappa shape index (κ2) is 2.04. The van der Waals surface area contributed by atoms with Crippen LogP contribution in [-0.2, 0) is 0 Å². The summed E-state index contributed by atoms with van der Waals surface area (Å²) in [5, 5.41) is 0. The minimum absolute atomic E-state index is 0.296. The van der Waals surface area contributed by atoms with Crippen LogP contribution in [0.3, 0.4) is 0 Å². The topological polar surface area (TPSA) is 0 Å². The van der Waals surface area contributed by atoms with Crippen molar-refractivity contribution >= 4 is 19.0 Å². The lowest BCUT2D eigenvalue weighted by atomic mass is 11.9. The van der Waals surface area contributed by atoms with E-state index in [2.05, 4.69) is 21.0 Å². The molecule has 0 aliphatic rings. The van der Waals surface area contributed by atoms with Gasteiger partial charge in [-0.3, -0.25) is 0 Å². The Morgan fingerprint density at radius 1 is 1.50 bits per heavy atom. The maximum Gasteiger partial charge on any atom is -0.0342 e. The van der Waals surface area contributed by atoms with E-state index in [0.717, 1.165) is 0 Å². The molecule has 0 aromatic heterocycles. The van der Waals surface area contributed by atoms with Crippen molar-refractivity contribution in [1.82, 2.24) is 0 Å². The second-order valence-corrected chi connectivity index (χ2v) is 5.99. The third-order valence-electron chi connectivity index (χ3n) is 0. The van der Waals surface area contributed by atoms with Crippen LogP contribution >= 0.6 is 19.0 Å². The van der Waals surface area contributed by atoms with Crippen molar-refractivity contribution in [3.63, 3.8) is 0 Å². The number of hydrogen-bond donors (Lipinski definition) is 1. The molecule has 0 aliphatic heterocycles. The van der Waals surface area contributed by atoms with E-state index in [9.17, 15) is 0 Å². The van der Waals surface area contributed by atoms with Crippen LogP contribution in [0.25, 0.3) is 0 Å². The first-order valence-corrected chi connectivity index (χ1v) is 5.01. The SMILES string of the molecule is C[SH](C)P. The van der Waals surface area contributed by atoms with Crippen molar-refractivity contribution in [3.8, 4) is 0 Å². The van der Waals surface area contributed by atoms with Crippen LogP contribution < -0.4 is 0 Å². The molecule has 28 valence electrons. The van der Waals surface area contributed by atoms with Crippen LogP contribution in [0, 0.1) is 0 Å². The molecule has 4 heavy (non-hydrogen) atoms. The smallest absolute Gasteiger partial charge is 0.0342 e. The van der Waals surface area contributed by atoms with E-state index < -0.39 is 0 Å². The highest BCUT2D eigenvalue weighted by molar-refractivity contribution is 8.55. The zero-order valence-corrected chi connectivity index (χ0v) is 5.07. The molecule has 0 amide bonds. The van der Waals surface area contributed by atoms with Gasteiger partial charge in [0.1, 0.15) is 0 Å². The molecule has 0 saturated carbocycles. The largest absolute Gasteiger partial charge is 0.244 e. The van der Waals surface area contributed by atoms with Crippen molar-refractivity contribution in [1.29, 1.82) is 0 Å². The summed E-state index contributed by atoms with van der Waals surface area (Å²) in [4.78, 5) is 0. The van der Waals surface area contributed by atoms with Gasteiger partial charge in [-0.25, -0.2) is 10.5 Å². The van der Waals surface area contributed by atoms with E-state index in [1.165, 1.54) is 0 Å². The molecule has 0 aromatic carbocycles. The summed E-state index contributed by atoms with van der Waals surface area (Å²) in [5.74, 6) is 0. The van der Waals surface area contributed by atoms with Gasteiger partial charge in [0.2, 0.25) is 0 Å². The normalized spacial score (nSPS) is 11.2. The van der Waals surface area contributed by atoms with Gasteiger partial charge in [0.25, 0.3) is 0 Å². The summed E-state index contributed by atoms with van der Waals surface area (Å²) in [6.07, 6.45) is 4.39. The first-order chi connectivity index (χ1) is 1.73. The van der Waals surface area contributed by atoms with Gasteiger partial charge in [0.05, 0.1) is 0 Å². The minimum Gasteiger partial charge on any atom is -0.244 e. The van der Waals surface area contributed by atoms with Gasteiger partial charge in [0.15, 0.2) is 0 Å². The molecule has 1 atom stereocenters. The van der Waals surface area contributed by atoms with E-state index in [1.54, 1.807) is 0 Å². The molecule has 0 nitrogen and oxygen atoms in total. The molecule has 0 heterocycles. The molecular formula is C2H9PS. The number of rotatable bonds is 0. The second-order valence-electron chi connectivity index (χ2n) is 0.964. The minimum atomic E-state index is 0.296. The molecule has 0 aromatic rings. The van der Waals surface area contributed by atoms with Crippen LogP contribution in [0.15, 0.2) is 0 Å². The van der Waals surface area contributed by atoms with Crippen molar-refractivity contribution < 1.29 is 0 Å². The maximum atomic E-state index is 2.72. The van der Waals surface area contributed by atoms with E-state index in [0.29, 0.717) is 10.5 Å². The summed E-state index contributed by atoms with van der Waals surface area (Å²) >= 11 is 0. The summed E-state index contributed by atoms with van der Waals surface area (Å²) in [6, 6.07) is 0. The lowest BCUT2D eigenvalue weighted by Gasteiger charge is -1.88. The zero-order chi connectivity index (χ0) is 3.58. The van der Waals surface area contributed by atoms with Gasteiger partial charge >= 0.3 is 0 Å². The molecule has 0 spiro atoms. The van der Waals surface area contributed by atoms with Crippen LogP contribution in [-0.4, -0.2) is 12.5 Å². The van der Waals surface area contributed by atoms with Crippen molar-refractivity contribution in [2.75, 3.05) is 12.5 Å². The predicted molar refractivity (Wildman–Crippen MR) is 30.5 cm³/mol. The standard InChI is InChI=1S/C2H9PS/c1-4(2)3/h4H,3H2,1-2H3. The van der Waals surface area contributed by atoms with Crippen LogP contribution in [0.1, 0.15) is 0 Å². The molecule has 0 saturated heterocycles. The number of thiol groups is 1. The third-order valence-corrected chi connectivity index (χ3v) is 0. The van der Waals surface area contributed by atoms with Gasteiger partial charge in [-0.1, -0.05) is 8.44 Å². The molecular weight excluding hydrogens is 87.1 g/mol. The Morgan fingerprint density at radius 2 is 1.50 bits per heavy atom. The highest BCUT2D eigenvalue weighted by atomic mass is 32.7. The summed E-state index contributed by atoms with van der Waals surface area (Å²) in [6.45, 7) is 0.